The highest BCUT2D eigenvalue weighted by Gasteiger charge is 2.01. The molecule has 4 aromatic rings. The van der Waals surface area contributed by atoms with E-state index in [1.54, 1.807) is 0 Å². The van der Waals surface area contributed by atoms with Crippen molar-refractivity contribution in [1.29, 1.82) is 0 Å². The van der Waals surface area contributed by atoms with Gasteiger partial charge in [-0.1, -0.05) is 54.6 Å². The molecule has 0 amide bonds. The van der Waals surface area contributed by atoms with Gasteiger partial charge in [0, 0.05) is 25.9 Å². The van der Waals surface area contributed by atoms with E-state index in [9.17, 15) is 0 Å². The molecule has 4 rings (SSSR count). The van der Waals surface area contributed by atoms with Gasteiger partial charge in [-0.15, -0.1) is 11.3 Å². The van der Waals surface area contributed by atoms with E-state index in [4.69, 9.17) is 5.73 Å². The van der Waals surface area contributed by atoms with E-state index >= 15 is 0 Å². The fourth-order valence-corrected chi connectivity index (χ4v) is 3.23. The molecule has 1 aromatic heterocycles. The van der Waals surface area contributed by atoms with E-state index in [0.29, 0.717) is 0 Å². The van der Waals surface area contributed by atoms with Crippen LogP contribution < -0.4 is 5.73 Å². The molecule has 0 unspecified atom stereocenters. The van der Waals surface area contributed by atoms with Crippen molar-refractivity contribution in [1.82, 2.24) is 0 Å². The molecule has 1 heterocycles. The van der Waals surface area contributed by atoms with Crippen LogP contribution in [0.1, 0.15) is 0 Å². The zero-order chi connectivity index (χ0) is 13.8. The smallest absolute Gasteiger partial charge is 0.0355 e. The van der Waals surface area contributed by atoms with Crippen molar-refractivity contribution in [2.45, 2.75) is 0 Å². The Hall–Kier alpha value is -2.32. The van der Waals surface area contributed by atoms with Crippen molar-refractivity contribution in [3.63, 3.8) is 0 Å². The zero-order valence-corrected chi connectivity index (χ0v) is 11.8. The molecule has 0 aliphatic rings. The van der Waals surface area contributed by atoms with Crippen LogP contribution in [0, 0.1) is 0 Å². The first-order chi connectivity index (χ1) is 9.84. The Morgan fingerprint density at radius 3 is 1.45 bits per heavy atom. The van der Waals surface area contributed by atoms with Crippen LogP contribution in [0.3, 0.4) is 0 Å². The summed E-state index contributed by atoms with van der Waals surface area (Å²) in [6.07, 6.45) is 0. The summed E-state index contributed by atoms with van der Waals surface area (Å²) in [6.45, 7) is 0. The Labute approximate surface area is 122 Å². The van der Waals surface area contributed by atoms with Gasteiger partial charge in [-0.05, 0) is 24.3 Å². The number of nitrogen functional groups attached to an aromatic ring is 1. The standard InChI is InChI=1S/C12H8S.C6H7N/c1-3-7-11-9(5-1)10-6-2-4-8-12(10)13-11;7-6-4-2-1-3-5-6/h1-8H;1-5H,7H2. The van der Waals surface area contributed by atoms with Crippen LogP contribution in [0.2, 0.25) is 0 Å². The molecule has 0 aliphatic heterocycles. The Bertz CT molecular complexity index is 768. The number of rotatable bonds is 0. The fraction of sp³-hybridized carbons (Fsp3) is 0. The van der Waals surface area contributed by atoms with E-state index in [0.717, 1.165) is 5.69 Å². The predicted octanol–water partition coefficient (Wildman–Crippen LogP) is 5.32. The largest absolute Gasteiger partial charge is 0.399 e. The highest BCUT2D eigenvalue weighted by atomic mass is 32.1. The normalized spacial score (nSPS) is 10.2. The second-order valence-corrected chi connectivity index (χ2v) is 5.59. The van der Waals surface area contributed by atoms with Gasteiger partial charge in [-0.2, -0.15) is 0 Å². The fourth-order valence-electron chi connectivity index (χ4n) is 2.13. The van der Waals surface area contributed by atoms with Crippen molar-refractivity contribution < 1.29 is 0 Å². The van der Waals surface area contributed by atoms with E-state index in [1.807, 2.05) is 41.7 Å². The van der Waals surface area contributed by atoms with Gasteiger partial charge in [-0.3, -0.25) is 0 Å². The Kier molecular flexibility index (Phi) is 3.66. The SMILES string of the molecule is Nc1ccccc1.c1ccc2c(c1)sc1ccccc12. The zero-order valence-electron chi connectivity index (χ0n) is 11.0. The monoisotopic (exact) mass is 277 g/mol. The molecule has 0 saturated heterocycles. The number of hydrogen-bond donors (Lipinski definition) is 1. The quantitative estimate of drug-likeness (QED) is 0.432. The maximum atomic E-state index is 5.36. The first-order valence-corrected chi connectivity index (χ1v) is 7.33. The molecular formula is C18H15NS. The van der Waals surface area contributed by atoms with Crippen LogP contribution in [0.5, 0.6) is 0 Å². The van der Waals surface area contributed by atoms with Gasteiger partial charge >= 0.3 is 0 Å². The highest BCUT2D eigenvalue weighted by Crippen LogP contribution is 2.32. The summed E-state index contributed by atoms with van der Waals surface area (Å²) in [7, 11) is 0. The minimum absolute atomic E-state index is 0.822. The lowest BCUT2D eigenvalue weighted by Crippen LogP contribution is -1.79. The Balaban J connectivity index is 0.000000147. The van der Waals surface area contributed by atoms with Crippen molar-refractivity contribution in [2.75, 3.05) is 5.73 Å². The first kappa shape index (κ1) is 12.7. The third-order valence-corrected chi connectivity index (χ3v) is 4.24. The number of fused-ring (bicyclic) bond motifs is 3. The molecule has 20 heavy (non-hydrogen) atoms. The summed E-state index contributed by atoms with van der Waals surface area (Å²) in [5.41, 5.74) is 6.18. The molecule has 0 aliphatic carbocycles. The van der Waals surface area contributed by atoms with Crippen LogP contribution in [0.25, 0.3) is 20.2 Å². The second-order valence-electron chi connectivity index (χ2n) is 4.51. The van der Waals surface area contributed by atoms with Crippen LogP contribution in [0.4, 0.5) is 5.69 Å². The van der Waals surface area contributed by atoms with Crippen molar-refractivity contribution in [3.8, 4) is 0 Å². The van der Waals surface area contributed by atoms with Crippen LogP contribution >= 0.6 is 11.3 Å². The van der Waals surface area contributed by atoms with Gasteiger partial charge in [0.15, 0.2) is 0 Å². The van der Waals surface area contributed by atoms with Crippen molar-refractivity contribution >= 4 is 37.2 Å². The summed E-state index contributed by atoms with van der Waals surface area (Å²) >= 11 is 1.86. The van der Waals surface area contributed by atoms with Gasteiger partial charge in [0.2, 0.25) is 0 Å². The maximum absolute atomic E-state index is 5.36. The Morgan fingerprint density at radius 2 is 1.00 bits per heavy atom. The molecule has 0 atom stereocenters. The minimum atomic E-state index is 0.822. The van der Waals surface area contributed by atoms with E-state index < -0.39 is 0 Å². The molecule has 2 N–H and O–H groups in total. The van der Waals surface area contributed by atoms with E-state index in [2.05, 4.69) is 48.5 Å². The molecule has 0 saturated carbocycles. The van der Waals surface area contributed by atoms with Gasteiger partial charge in [-0.25, -0.2) is 0 Å². The summed E-state index contributed by atoms with van der Waals surface area (Å²) in [5.74, 6) is 0. The summed E-state index contributed by atoms with van der Waals surface area (Å²) in [5, 5.41) is 2.76. The molecular weight excluding hydrogens is 262 g/mol. The topological polar surface area (TPSA) is 26.0 Å². The van der Waals surface area contributed by atoms with E-state index in [1.165, 1.54) is 20.2 Å². The van der Waals surface area contributed by atoms with Gasteiger partial charge in [0.05, 0.1) is 0 Å². The minimum Gasteiger partial charge on any atom is -0.399 e. The number of nitrogens with two attached hydrogens (primary N) is 1. The maximum Gasteiger partial charge on any atom is 0.0355 e. The lowest BCUT2D eigenvalue weighted by molar-refractivity contribution is 1.69. The van der Waals surface area contributed by atoms with Crippen LogP contribution in [-0.4, -0.2) is 0 Å². The number of thiophene rings is 1. The number of para-hydroxylation sites is 1. The molecule has 1 nitrogen and oxygen atoms in total. The summed E-state index contributed by atoms with van der Waals surface area (Å²) in [4.78, 5) is 0. The molecule has 0 spiro atoms. The summed E-state index contributed by atoms with van der Waals surface area (Å²) in [6, 6.07) is 26.6. The van der Waals surface area contributed by atoms with Gasteiger partial charge < -0.3 is 5.73 Å². The van der Waals surface area contributed by atoms with Gasteiger partial charge in [0.25, 0.3) is 0 Å². The predicted molar refractivity (Wildman–Crippen MR) is 90.2 cm³/mol. The molecule has 3 aromatic carbocycles. The molecule has 0 radical (unpaired) electrons. The molecule has 0 fully saturated rings. The summed E-state index contributed by atoms with van der Waals surface area (Å²) < 4.78 is 2.76. The second kappa shape index (κ2) is 5.76. The number of hydrogen-bond acceptors (Lipinski definition) is 2. The highest BCUT2D eigenvalue weighted by molar-refractivity contribution is 7.25. The molecule has 0 bridgehead atoms. The third kappa shape index (κ3) is 2.65. The number of anilines is 1. The third-order valence-electron chi connectivity index (χ3n) is 3.08. The lowest BCUT2D eigenvalue weighted by atomic mass is 10.2. The van der Waals surface area contributed by atoms with Gasteiger partial charge in [0.1, 0.15) is 0 Å². The van der Waals surface area contributed by atoms with Crippen molar-refractivity contribution in [3.05, 3.63) is 78.9 Å². The average molecular weight is 277 g/mol. The van der Waals surface area contributed by atoms with Crippen LogP contribution in [-0.2, 0) is 0 Å². The molecule has 98 valence electrons. The van der Waals surface area contributed by atoms with E-state index in [-0.39, 0.29) is 0 Å². The van der Waals surface area contributed by atoms with Crippen molar-refractivity contribution in [2.24, 2.45) is 0 Å². The average Bonchev–Trinajstić information content (AvgIpc) is 2.87. The lowest BCUT2D eigenvalue weighted by Gasteiger charge is -1.88. The number of benzene rings is 3. The van der Waals surface area contributed by atoms with Crippen LogP contribution in [0.15, 0.2) is 78.9 Å². The Morgan fingerprint density at radius 1 is 0.550 bits per heavy atom. The first-order valence-electron chi connectivity index (χ1n) is 6.51. The molecule has 2 heteroatoms.